The van der Waals surface area contributed by atoms with Gasteiger partial charge in [-0.3, -0.25) is 9.59 Å². The van der Waals surface area contributed by atoms with Gasteiger partial charge in [0.1, 0.15) is 0 Å². The molecule has 1 saturated carbocycles. The van der Waals surface area contributed by atoms with E-state index < -0.39 is 0 Å². The number of nitrogens with zero attached hydrogens (tertiary/aromatic N) is 1. The molecule has 1 aliphatic heterocycles. The second kappa shape index (κ2) is 5.84. The first-order chi connectivity index (χ1) is 11.2. The summed E-state index contributed by atoms with van der Waals surface area (Å²) in [6, 6.07) is 9.93. The van der Waals surface area contributed by atoms with Gasteiger partial charge in [-0.05, 0) is 43.7 Å². The van der Waals surface area contributed by atoms with Crippen molar-refractivity contribution in [1.82, 2.24) is 4.90 Å². The Labute approximate surface area is 136 Å². The van der Waals surface area contributed by atoms with Gasteiger partial charge in [0.15, 0.2) is 0 Å². The van der Waals surface area contributed by atoms with E-state index in [1.54, 1.807) is 0 Å². The van der Waals surface area contributed by atoms with Crippen LogP contribution in [0.25, 0.3) is 0 Å². The number of carbonyl (C=O) groups excluding carboxylic acids is 2. The SMILES string of the molecule is O=C(Nc1ccccc1)[C@H]1CC=C[C@H]2CCN(C3CC3)C(=O)[C@@H]12. The molecule has 4 heteroatoms. The van der Waals surface area contributed by atoms with Crippen LogP contribution in [-0.2, 0) is 9.59 Å². The zero-order chi connectivity index (χ0) is 15.8. The summed E-state index contributed by atoms with van der Waals surface area (Å²) in [5.74, 6) is -0.0436. The zero-order valence-electron chi connectivity index (χ0n) is 13.2. The molecular weight excluding hydrogens is 288 g/mol. The molecule has 0 aromatic heterocycles. The molecule has 2 amide bonds. The summed E-state index contributed by atoms with van der Waals surface area (Å²) in [5, 5.41) is 2.98. The van der Waals surface area contributed by atoms with Gasteiger partial charge in [0.25, 0.3) is 0 Å². The molecule has 23 heavy (non-hydrogen) atoms. The topological polar surface area (TPSA) is 49.4 Å². The van der Waals surface area contributed by atoms with Crippen LogP contribution in [-0.4, -0.2) is 29.3 Å². The van der Waals surface area contributed by atoms with Crippen molar-refractivity contribution in [3.8, 4) is 0 Å². The minimum Gasteiger partial charge on any atom is -0.339 e. The summed E-state index contributed by atoms with van der Waals surface area (Å²) in [6.07, 6.45) is 8.12. The van der Waals surface area contributed by atoms with Gasteiger partial charge in [-0.1, -0.05) is 30.4 Å². The second-order valence-corrected chi connectivity index (χ2v) is 6.87. The number of piperidine rings is 1. The maximum absolute atomic E-state index is 12.9. The Balaban J connectivity index is 1.53. The van der Waals surface area contributed by atoms with Crippen molar-refractivity contribution < 1.29 is 9.59 Å². The summed E-state index contributed by atoms with van der Waals surface area (Å²) in [6.45, 7) is 0.849. The fraction of sp³-hybridized carbons (Fsp3) is 0.474. The minimum absolute atomic E-state index is 0.0263. The summed E-state index contributed by atoms with van der Waals surface area (Å²) < 4.78 is 0. The fourth-order valence-electron chi connectivity index (χ4n) is 3.96. The summed E-state index contributed by atoms with van der Waals surface area (Å²) in [7, 11) is 0. The van der Waals surface area contributed by atoms with Gasteiger partial charge in [0, 0.05) is 18.3 Å². The standard InChI is InChI=1S/C19H22N2O2/c22-18(20-14-6-2-1-3-7-14)16-8-4-5-13-11-12-21(15-9-10-15)19(23)17(13)16/h1-7,13,15-17H,8-12H2,(H,20,22)/t13-,16-,17+/m0/s1. The fourth-order valence-corrected chi connectivity index (χ4v) is 3.96. The lowest BCUT2D eigenvalue weighted by Gasteiger charge is -2.41. The molecule has 120 valence electrons. The van der Waals surface area contributed by atoms with E-state index in [0.29, 0.717) is 12.5 Å². The van der Waals surface area contributed by atoms with Crippen LogP contribution in [0.15, 0.2) is 42.5 Å². The largest absolute Gasteiger partial charge is 0.339 e. The van der Waals surface area contributed by atoms with E-state index in [0.717, 1.165) is 31.5 Å². The number of benzene rings is 1. The van der Waals surface area contributed by atoms with Gasteiger partial charge in [0.05, 0.1) is 11.8 Å². The Morgan fingerprint density at radius 1 is 1.13 bits per heavy atom. The highest BCUT2D eigenvalue weighted by atomic mass is 16.2. The molecule has 2 fully saturated rings. The number of nitrogens with one attached hydrogen (secondary N) is 1. The summed E-state index contributed by atoms with van der Waals surface area (Å²) >= 11 is 0. The van der Waals surface area contributed by atoms with E-state index in [4.69, 9.17) is 0 Å². The molecule has 1 aromatic rings. The normalized spacial score (nSPS) is 30.0. The Hall–Kier alpha value is -2.10. The van der Waals surface area contributed by atoms with Crippen molar-refractivity contribution >= 4 is 17.5 Å². The van der Waals surface area contributed by atoms with Crippen LogP contribution in [0.1, 0.15) is 25.7 Å². The van der Waals surface area contributed by atoms with E-state index >= 15 is 0 Å². The molecule has 4 nitrogen and oxygen atoms in total. The molecule has 0 bridgehead atoms. The lowest BCUT2D eigenvalue weighted by atomic mass is 9.71. The molecule has 3 atom stereocenters. The van der Waals surface area contributed by atoms with Gasteiger partial charge < -0.3 is 10.2 Å². The number of hydrogen-bond acceptors (Lipinski definition) is 2. The molecule has 0 radical (unpaired) electrons. The van der Waals surface area contributed by atoms with Gasteiger partial charge >= 0.3 is 0 Å². The van der Waals surface area contributed by atoms with Crippen LogP contribution in [0, 0.1) is 17.8 Å². The average molecular weight is 310 g/mol. The van der Waals surface area contributed by atoms with Crippen molar-refractivity contribution in [1.29, 1.82) is 0 Å². The number of allylic oxidation sites excluding steroid dienone is 2. The number of rotatable bonds is 3. The number of carbonyl (C=O) groups is 2. The highest BCUT2D eigenvalue weighted by molar-refractivity contribution is 5.96. The number of fused-ring (bicyclic) bond motifs is 1. The summed E-state index contributed by atoms with van der Waals surface area (Å²) in [4.78, 5) is 27.7. The molecular formula is C19H22N2O2. The third kappa shape index (κ3) is 2.78. The average Bonchev–Trinajstić information content (AvgIpc) is 3.40. The van der Waals surface area contributed by atoms with Crippen LogP contribution in [0.3, 0.4) is 0 Å². The van der Waals surface area contributed by atoms with Gasteiger partial charge in [-0.25, -0.2) is 0 Å². The maximum Gasteiger partial charge on any atom is 0.228 e. The van der Waals surface area contributed by atoms with Crippen molar-refractivity contribution in [2.45, 2.75) is 31.7 Å². The Morgan fingerprint density at radius 3 is 2.65 bits per heavy atom. The monoisotopic (exact) mass is 310 g/mol. The van der Waals surface area contributed by atoms with E-state index in [-0.39, 0.29) is 29.6 Å². The third-order valence-electron chi connectivity index (χ3n) is 5.31. The van der Waals surface area contributed by atoms with Crippen LogP contribution in [0.2, 0.25) is 0 Å². The predicted molar refractivity (Wildman–Crippen MR) is 88.7 cm³/mol. The molecule has 0 unspecified atom stereocenters. The van der Waals surface area contributed by atoms with E-state index in [2.05, 4.69) is 17.5 Å². The molecule has 3 aliphatic rings. The van der Waals surface area contributed by atoms with Crippen molar-refractivity contribution in [2.75, 3.05) is 11.9 Å². The first-order valence-corrected chi connectivity index (χ1v) is 8.57. The van der Waals surface area contributed by atoms with Gasteiger partial charge in [-0.15, -0.1) is 0 Å². The van der Waals surface area contributed by atoms with E-state index in [1.165, 1.54) is 0 Å². The van der Waals surface area contributed by atoms with Crippen LogP contribution < -0.4 is 5.32 Å². The Morgan fingerprint density at radius 2 is 1.91 bits per heavy atom. The van der Waals surface area contributed by atoms with Crippen LogP contribution in [0.5, 0.6) is 0 Å². The quantitative estimate of drug-likeness (QED) is 0.873. The lowest BCUT2D eigenvalue weighted by Crippen LogP contribution is -2.51. The molecule has 2 aliphatic carbocycles. The smallest absolute Gasteiger partial charge is 0.228 e. The van der Waals surface area contributed by atoms with Gasteiger partial charge in [-0.2, -0.15) is 0 Å². The number of para-hydroxylation sites is 1. The highest BCUT2D eigenvalue weighted by Gasteiger charge is 2.47. The van der Waals surface area contributed by atoms with Crippen molar-refractivity contribution in [3.63, 3.8) is 0 Å². The Kier molecular flexibility index (Phi) is 3.68. The Bertz CT molecular complexity index is 636. The van der Waals surface area contributed by atoms with Crippen LogP contribution in [0.4, 0.5) is 5.69 Å². The zero-order valence-corrected chi connectivity index (χ0v) is 13.2. The highest BCUT2D eigenvalue weighted by Crippen LogP contribution is 2.41. The maximum atomic E-state index is 12.9. The first kappa shape index (κ1) is 14.5. The number of hydrogen-bond donors (Lipinski definition) is 1. The van der Waals surface area contributed by atoms with E-state index in [1.807, 2.05) is 35.2 Å². The molecule has 4 rings (SSSR count). The summed E-state index contributed by atoms with van der Waals surface area (Å²) in [5.41, 5.74) is 0.797. The minimum atomic E-state index is -0.251. The predicted octanol–water partition coefficient (Wildman–Crippen LogP) is 2.83. The first-order valence-electron chi connectivity index (χ1n) is 8.57. The van der Waals surface area contributed by atoms with Gasteiger partial charge in [0.2, 0.25) is 11.8 Å². The molecule has 1 aromatic carbocycles. The third-order valence-corrected chi connectivity index (χ3v) is 5.31. The second-order valence-electron chi connectivity index (χ2n) is 6.87. The number of anilines is 1. The number of amides is 2. The van der Waals surface area contributed by atoms with Crippen molar-refractivity contribution in [2.24, 2.45) is 17.8 Å². The molecule has 0 spiro atoms. The number of likely N-dealkylation sites (tertiary alicyclic amines) is 1. The van der Waals surface area contributed by atoms with Crippen molar-refractivity contribution in [3.05, 3.63) is 42.5 Å². The lowest BCUT2D eigenvalue weighted by molar-refractivity contribution is -0.147. The molecule has 1 heterocycles. The van der Waals surface area contributed by atoms with Crippen LogP contribution >= 0.6 is 0 Å². The molecule has 1 N–H and O–H groups in total. The molecule has 1 saturated heterocycles. The van der Waals surface area contributed by atoms with E-state index in [9.17, 15) is 9.59 Å².